The van der Waals surface area contributed by atoms with Gasteiger partial charge in [0.15, 0.2) is 10.9 Å². The lowest BCUT2D eigenvalue weighted by Gasteiger charge is -2.35. The van der Waals surface area contributed by atoms with Crippen LogP contribution in [0.15, 0.2) is 37.2 Å². The van der Waals surface area contributed by atoms with E-state index in [1.807, 2.05) is 4.90 Å². The quantitative estimate of drug-likeness (QED) is 0.316. The summed E-state index contributed by atoms with van der Waals surface area (Å²) >= 11 is 0.999. The summed E-state index contributed by atoms with van der Waals surface area (Å²) in [6.45, 7) is 13.4. The van der Waals surface area contributed by atoms with E-state index in [0.29, 0.717) is 61.4 Å². The summed E-state index contributed by atoms with van der Waals surface area (Å²) in [5.74, 6) is -0.678. The Kier molecular flexibility index (Phi) is 5.31. The minimum atomic E-state index is -0.880. The molecule has 8 nitrogen and oxygen atoms in total. The summed E-state index contributed by atoms with van der Waals surface area (Å²) in [5, 5.41) is 0.669. The largest absolute Gasteiger partial charge is 0.375 e. The van der Waals surface area contributed by atoms with Gasteiger partial charge < -0.3 is 20.4 Å². The fraction of sp³-hybridized carbons (Fsp3) is 0.269. The summed E-state index contributed by atoms with van der Waals surface area (Å²) in [4.78, 5) is 32.6. The lowest BCUT2D eigenvalue weighted by Crippen LogP contribution is -2.48. The number of piperazine rings is 1. The van der Waals surface area contributed by atoms with E-state index in [1.54, 1.807) is 11.0 Å². The highest BCUT2D eigenvalue weighted by molar-refractivity contribution is 7.22. The lowest BCUT2D eigenvalue weighted by atomic mass is 9.90. The van der Waals surface area contributed by atoms with Crippen molar-refractivity contribution < 1.29 is 13.6 Å². The van der Waals surface area contributed by atoms with Crippen LogP contribution in [-0.4, -0.2) is 51.9 Å². The van der Waals surface area contributed by atoms with E-state index in [-0.39, 0.29) is 32.3 Å². The fourth-order valence-electron chi connectivity index (χ4n) is 5.05. The maximum atomic E-state index is 16.5. The smallest absolute Gasteiger partial charge is 0.258 e. The molecule has 0 atom stereocenters. The Bertz CT molecular complexity index is 1650. The van der Waals surface area contributed by atoms with E-state index in [1.165, 1.54) is 24.5 Å². The van der Waals surface area contributed by atoms with Crippen molar-refractivity contribution in [2.24, 2.45) is 0 Å². The number of benzene rings is 2. The third-order valence-electron chi connectivity index (χ3n) is 7.13. The Morgan fingerprint density at radius 3 is 2.62 bits per heavy atom. The molecule has 3 heterocycles. The van der Waals surface area contributed by atoms with Crippen LogP contribution in [0.2, 0.25) is 0 Å². The number of hydrogen-bond acceptors (Lipinski definition) is 7. The summed E-state index contributed by atoms with van der Waals surface area (Å²) in [5.41, 5.74) is 6.46. The standard InChI is InChI=1S/C26H21F2N7OS/c1-3-18(36)34-8-10-35(11-9-34)24-15-12-16(26(30-2)6-7-26)19(20(28)21(15)31-13-32-24)14-4-5-17(27)23-22(14)33-25(29)37-23/h3-5,12-13H,1,6-11H2,(H2,29,33). The second-order valence-electron chi connectivity index (χ2n) is 9.19. The predicted octanol–water partition coefficient (Wildman–Crippen LogP) is 4.51. The first-order valence-corrected chi connectivity index (χ1v) is 12.6. The number of aromatic nitrogens is 3. The van der Waals surface area contributed by atoms with Gasteiger partial charge in [0, 0.05) is 61.1 Å². The molecule has 1 amide bonds. The maximum Gasteiger partial charge on any atom is 0.258 e. The topological polar surface area (TPSA) is 92.6 Å². The molecule has 4 aromatic rings. The van der Waals surface area contributed by atoms with Crippen LogP contribution in [0.5, 0.6) is 0 Å². The van der Waals surface area contributed by atoms with E-state index in [4.69, 9.17) is 12.3 Å². The number of anilines is 2. The SMILES string of the molecule is [C-]#[N+]C1(c2cc3c(N4CCN(C(=O)C=C)CC4)ncnc3c(F)c2-c2ccc(F)c3sc(N)nc23)CC1. The van der Waals surface area contributed by atoms with E-state index in [2.05, 4.69) is 26.4 Å². The van der Waals surface area contributed by atoms with Crippen LogP contribution >= 0.6 is 11.3 Å². The zero-order valence-electron chi connectivity index (χ0n) is 19.7. The molecule has 2 fully saturated rings. The van der Waals surface area contributed by atoms with Crippen molar-refractivity contribution in [3.05, 3.63) is 65.8 Å². The average molecular weight is 518 g/mol. The van der Waals surface area contributed by atoms with Crippen LogP contribution in [0.25, 0.3) is 37.1 Å². The molecule has 1 aliphatic heterocycles. The van der Waals surface area contributed by atoms with Crippen LogP contribution in [0, 0.1) is 18.2 Å². The van der Waals surface area contributed by atoms with Crippen molar-refractivity contribution >= 4 is 49.3 Å². The second kappa shape index (κ2) is 8.45. The van der Waals surface area contributed by atoms with Crippen LogP contribution in [0.4, 0.5) is 19.7 Å². The fourth-order valence-corrected chi connectivity index (χ4v) is 5.81. The van der Waals surface area contributed by atoms with Gasteiger partial charge in [-0.1, -0.05) is 17.9 Å². The van der Waals surface area contributed by atoms with Crippen molar-refractivity contribution in [3.8, 4) is 11.1 Å². The highest BCUT2D eigenvalue weighted by Gasteiger charge is 2.55. The highest BCUT2D eigenvalue weighted by atomic mass is 32.1. The maximum absolute atomic E-state index is 16.5. The molecule has 1 aliphatic carbocycles. The predicted molar refractivity (Wildman–Crippen MR) is 139 cm³/mol. The molecular weight excluding hydrogens is 496 g/mol. The second-order valence-corrected chi connectivity index (χ2v) is 10.2. The average Bonchev–Trinajstić information content (AvgIpc) is 3.62. The monoisotopic (exact) mass is 517 g/mol. The van der Waals surface area contributed by atoms with E-state index < -0.39 is 17.2 Å². The Labute approximate surface area is 214 Å². The Morgan fingerprint density at radius 1 is 1.19 bits per heavy atom. The van der Waals surface area contributed by atoms with Crippen molar-refractivity contribution in [2.45, 2.75) is 18.4 Å². The van der Waals surface area contributed by atoms with Crippen LogP contribution in [-0.2, 0) is 10.3 Å². The van der Waals surface area contributed by atoms with Gasteiger partial charge in [0.05, 0.1) is 10.2 Å². The number of fused-ring (bicyclic) bond motifs is 2. The van der Waals surface area contributed by atoms with Gasteiger partial charge in [-0.15, -0.1) is 0 Å². The minimum absolute atomic E-state index is 0.106. The molecule has 0 bridgehead atoms. The van der Waals surface area contributed by atoms with Crippen LogP contribution in [0.3, 0.4) is 0 Å². The van der Waals surface area contributed by atoms with Crippen molar-refractivity contribution in [2.75, 3.05) is 36.8 Å². The first-order valence-electron chi connectivity index (χ1n) is 11.7. The number of nitrogen functional groups attached to an aromatic ring is 1. The lowest BCUT2D eigenvalue weighted by molar-refractivity contribution is -0.126. The number of amides is 1. The Morgan fingerprint density at radius 2 is 1.95 bits per heavy atom. The van der Waals surface area contributed by atoms with Crippen LogP contribution in [0.1, 0.15) is 18.4 Å². The minimum Gasteiger partial charge on any atom is -0.375 e. The molecule has 0 unspecified atom stereocenters. The molecule has 2 aromatic heterocycles. The number of carbonyl (C=O) groups is 1. The third kappa shape index (κ3) is 3.59. The zero-order valence-corrected chi connectivity index (χ0v) is 20.5. The van der Waals surface area contributed by atoms with Gasteiger partial charge in [-0.3, -0.25) is 4.79 Å². The number of halogens is 2. The number of nitrogens with two attached hydrogens (primary N) is 1. The van der Waals surface area contributed by atoms with E-state index in [0.717, 1.165) is 11.3 Å². The van der Waals surface area contributed by atoms with Gasteiger partial charge in [-0.05, 0) is 24.3 Å². The normalized spacial score (nSPS) is 16.7. The van der Waals surface area contributed by atoms with E-state index >= 15 is 4.39 Å². The highest BCUT2D eigenvalue weighted by Crippen LogP contribution is 2.55. The molecule has 2 aromatic carbocycles. The number of thiazole rings is 1. The zero-order chi connectivity index (χ0) is 25.9. The van der Waals surface area contributed by atoms with Gasteiger partial charge in [-0.2, -0.15) is 0 Å². The molecule has 2 N–H and O–H groups in total. The molecule has 186 valence electrons. The molecule has 6 rings (SSSR count). The molecule has 0 spiro atoms. The number of rotatable bonds is 4. The third-order valence-corrected chi connectivity index (χ3v) is 8.03. The van der Waals surface area contributed by atoms with Gasteiger partial charge in [-0.25, -0.2) is 30.3 Å². The van der Waals surface area contributed by atoms with Crippen LogP contribution < -0.4 is 10.6 Å². The van der Waals surface area contributed by atoms with Crippen molar-refractivity contribution in [3.63, 3.8) is 0 Å². The molecule has 2 aliphatic rings. The van der Waals surface area contributed by atoms with Gasteiger partial charge in [0.25, 0.3) is 5.54 Å². The first-order chi connectivity index (χ1) is 17.9. The molecular formula is C26H21F2N7OS. The summed E-state index contributed by atoms with van der Waals surface area (Å²) < 4.78 is 31.3. The van der Waals surface area contributed by atoms with Gasteiger partial charge in [0.2, 0.25) is 5.91 Å². The summed E-state index contributed by atoms with van der Waals surface area (Å²) in [6, 6.07) is 4.57. The molecule has 1 saturated heterocycles. The summed E-state index contributed by atoms with van der Waals surface area (Å²) in [7, 11) is 0. The van der Waals surface area contributed by atoms with Gasteiger partial charge >= 0.3 is 0 Å². The van der Waals surface area contributed by atoms with Crippen molar-refractivity contribution in [1.29, 1.82) is 0 Å². The molecule has 1 saturated carbocycles. The van der Waals surface area contributed by atoms with Gasteiger partial charge in [0.1, 0.15) is 23.5 Å². The number of hydrogen-bond donors (Lipinski definition) is 1. The molecule has 11 heteroatoms. The first kappa shape index (κ1) is 23.2. The number of carbonyl (C=O) groups excluding carboxylic acids is 1. The number of nitrogens with zero attached hydrogens (tertiary/aromatic N) is 6. The van der Waals surface area contributed by atoms with Crippen molar-refractivity contribution in [1.82, 2.24) is 19.9 Å². The molecule has 0 radical (unpaired) electrons. The Hall–Kier alpha value is -4.17. The summed E-state index contributed by atoms with van der Waals surface area (Å²) in [6.07, 6.45) is 3.78. The molecule has 37 heavy (non-hydrogen) atoms. The Balaban J connectivity index is 1.56. The van der Waals surface area contributed by atoms with E-state index in [9.17, 15) is 9.18 Å².